The molecule has 0 radical (unpaired) electrons. The smallest absolute Gasteiger partial charge is 0.132 e. The first-order valence-corrected chi connectivity index (χ1v) is 5.52. The molecule has 0 saturated heterocycles. The van der Waals surface area contributed by atoms with Crippen LogP contribution >= 0.6 is 22.6 Å². The molecular weight excluding hydrogens is 292 g/mol. The molecule has 0 N–H and O–H groups in total. The molecule has 1 heterocycles. The van der Waals surface area contributed by atoms with Crippen LogP contribution in [-0.4, -0.2) is 4.98 Å². The van der Waals surface area contributed by atoms with Gasteiger partial charge in [0.25, 0.3) is 0 Å². The molecule has 14 heavy (non-hydrogen) atoms. The molecule has 1 aromatic heterocycles. The molecule has 0 aliphatic heterocycles. The number of pyridine rings is 1. The lowest BCUT2D eigenvalue weighted by molar-refractivity contribution is 0.637. The predicted octanol–water partition coefficient (Wildman–Crippen LogP) is 3.54. The summed E-state index contributed by atoms with van der Waals surface area (Å²) in [5.41, 5.74) is 1.03. The standard InChI is InChI=1S/C11H9FIN/c1-2-7-3-8-9(10(12)4-7)5-14-6-11(8)13/h3-6H,2H2,1H3. The Kier molecular flexibility index (Phi) is 2.67. The van der Waals surface area contributed by atoms with Gasteiger partial charge in [0, 0.05) is 26.7 Å². The van der Waals surface area contributed by atoms with E-state index in [9.17, 15) is 4.39 Å². The Morgan fingerprint density at radius 2 is 2.07 bits per heavy atom. The van der Waals surface area contributed by atoms with Crippen molar-refractivity contribution in [2.45, 2.75) is 13.3 Å². The molecule has 0 aliphatic carbocycles. The summed E-state index contributed by atoms with van der Waals surface area (Å²) >= 11 is 2.18. The number of halogens is 2. The minimum absolute atomic E-state index is 0.176. The quantitative estimate of drug-likeness (QED) is 0.734. The van der Waals surface area contributed by atoms with E-state index in [0.29, 0.717) is 5.39 Å². The first-order chi connectivity index (χ1) is 6.72. The van der Waals surface area contributed by atoms with Crippen molar-refractivity contribution in [1.82, 2.24) is 4.98 Å². The number of hydrogen-bond donors (Lipinski definition) is 0. The number of rotatable bonds is 1. The van der Waals surface area contributed by atoms with Crippen LogP contribution in [-0.2, 0) is 6.42 Å². The fraction of sp³-hybridized carbons (Fsp3) is 0.182. The van der Waals surface area contributed by atoms with Crippen LogP contribution < -0.4 is 0 Å². The highest BCUT2D eigenvalue weighted by Gasteiger charge is 2.05. The molecule has 72 valence electrons. The van der Waals surface area contributed by atoms with Crippen LogP contribution in [0.25, 0.3) is 10.8 Å². The Morgan fingerprint density at radius 3 is 2.79 bits per heavy atom. The molecular formula is C11H9FIN. The number of benzene rings is 1. The molecule has 0 saturated carbocycles. The zero-order chi connectivity index (χ0) is 10.1. The predicted molar refractivity (Wildman–Crippen MR) is 63.8 cm³/mol. The normalized spacial score (nSPS) is 10.8. The SMILES string of the molecule is CCc1cc(F)c2cncc(I)c2c1. The summed E-state index contributed by atoms with van der Waals surface area (Å²) in [7, 11) is 0. The largest absolute Gasteiger partial charge is 0.263 e. The van der Waals surface area contributed by atoms with Gasteiger partial charge in [-0.15, -0.1) is 0 Å². The summed E-state index contributed by atoms with van der Waals surface area (Å²) < 4.78 is 14.6. The van der Waals surface area contributed by atoms with E-state index in [1.54, 1.807) is 18.5 Å². The van der Waals surface area contributed by atoms with Crippen molar-refractivity contribution in [1.29, 1.82) is 0 Å². The van der Waals surface area contributed by atoms with Crippen molar-refractivity contribution in [3.8, 4) is 0 Å². The first kappa shape index (κ1) is 9.83. The maximum absolute atomic E-state index is 13.6. The van der Waals surface area contributed by atoms with Crippen LogP contribution in [0.2, 0.25) is 0 Å². The topological polar surface area (TPSA) is 12.9 Å². The Bertz CT molecular complexity index is 482. The summed E-state index contributed by atoms with van der Waals surface area (Å²) in [6, 6.07) is 3.61. The third kappa shape index (κ3) is 1.61. The van der Waals surface area contributed by atoms with Crippen molar-refractivity contribution in [3.05, 3.63) is 39.5 Å². The van der Waals surface area contributed by atoms with Crippen LogP contribution in [0.5, 0.6) is 0 Å². The molecule has 0 bridgehead atoms. The molecule has 0 unspecified atom stereocenters. The second-order valence-corrected chi connectivity index (χ2v) is 4.31. The van der Waals surface area contributed by atoms with Crippen LogP contribution in [0.3, 0.4) is 0 Å². The molecule has 0 atom stereocenters. The van der Waals surface area contributed by atoms with Gasteiger partial charge < -0.3 is 0 Å². The van der Waals surface area contributed by atoms with E-state index in [4.69, 9.17) is 0 Å². The van der Waals surface area contributed by atoms with Crippen LogP contribution in [0, 0.1) is 9.39 Å². The second kappa shape index (κ2) is 3.81. The summed E-state index contributed by atoms with van der Waals surface area (Å²) in [6.45, 7) is 2.02. The average Bonchev–Trinajstić information content (AvgIpc) is 2.19. The van der Waals surface area contributed by atoms with Gasteiger partial charge >= 0.3 is 0 Å². The van der Waals surface area contributed by atoms with E-state index < -0.39 is 0 Å². The van der Waals surface area contributed by atoms with E-state index in [1.807, 2.05) is 13.0 Å². The fourth-order valence-electron chi connectivity index (χ4n) is 1.45. The maximum Gasteiger partial charge on any atom is 0.132 e. The van der Waals surface area contributed by atoms with Crippen LogP contribution in [0.15, 0.2) is 24.5 Å². The lowest BCUT2D eigenvalue weighted by Crippen LogP contribution is -1.89. The number of hydrogen-bond acceptors (Lipinski definition) is 1. The molecule has 1 aromatic carbocycles. The zero-order valence-corrected chi connectivity index (χ0v) is 9.88. The van der Waals surface area contributed by atoms with Gasteiger partial charge in [-0.3, -0.25) is 4.98 Å². The van der Waals surface area contributed by atoms with Gasteiger partial charge in [-0.05, 0) is 46.7 Å². The minimum atomic E-state index is -0.176. The van der Waals surface area contributed by atoms with Gasteiger partial charge in [0.05, 0.1) is 0 Å². The summed E-state index contributed by atoms with van der Waals surface area (Å²) in [4.78, 5) is 3.98. The number of aryl methyl sites for hydroxylation is 1. The van der Waals surface area contributed by atoms with Gasteiger partial charge in [0.15, 0.2) is 0 Å². The van der Waals surface area contributed by atoms with Gasteiger partial charge in [0.1, 0.15) is 5.82 Å². The third-order valence-corrected chi connectivity index (χ3v) is 3.11. The van der Waals surface area contributed by atoms with E-state index in [-0.39, 0.29) is 5.82 Å². The highest BCUT2D eigenvalue weighted by atomic mass is 127. The Labute approximate surface area is 95.5 Å². The van der Waals surface area contributed by atoms with Gasteiger partial charge in [-0.2, -0.15) is 0 Å². The minimum Gasteiger partial charge on any atom is -0.263 e. The molecule has 3 heteroatoms. The molecule has 0 spiro atoms. The highest BCUT2D eigenvalue weighted by molar-refractivity contribution is 14.1. The molecule has 0 fully saturated rings. The van der Waals surface area contributed by atoms with Gasteiger partial charge in [0.2, 0.25) is 0 Å². The Morgan fingerprint density at radius 1 is 1.29 bits per heavy atom. The zero-order valence-electron chi connectivity index (χ0n) is 7.72. The van der Waals surface area contributed by atoms with Crippen molar-refractivity contribution in [2.75, 3.05) is 0 Å². The Balaban J connectivity index is 2.83. The Hall–Kier alpha value is -0.710. The molecule has 2 aromatic rings. The fourth-order valence-corrected chi connectivity index (χ4v) is 2.06. The van der Waals surface area contributed by atoms with Crippen LogP contribution in [0.1, 0.15) is 12.5 Å². The van der Waals surface area contributed by atoms with E-state index in [2.05, 4.69) is 27.6 Å². The first-order valence-electron chi connectivity index (χ1n) is 4.44. The molecule has 1 nitrogen and oxygen atoms in total. The summed E-state index contributed by atoms with van der Waals surface area (Å²) in [6.07, 6.45) is 4.18. The average molecular weight is 301 g/mol. The molecule has 0 amide bonds. The lowest BCUT2D eigenvalue weighted by Gasteiger charge is -2.04. The van der Waals surface area contributed by atoms with E-state index >= 15 is 0 Å². The molecule has 0 aliphatic rings. The van der Waals surface area contributed by atoms with Gasteiger partial charge in [-0.1, -0.05) is 6.92 Å². The van der Waals surface area contributed by atoms with Crippen molar-refractivity contribution in [2.24, 2.45) is 0 Å². The number of nitrogens with zero attached hydrogens (tertiary/aromatic N) is 1. The number of fused-ring (bicyclic) bond motifs is 1. The van der Waals surface area contributed by atoms with Crippen molar-refractivity contribution < 1.29 is 4.39 Å². The summed E-state index contributed by atoms with van der Waals surface area (Å²) in [5.74, 6) is -0.176. The van der Waals surface area contributed by atoms with E-state index in [1.165, 1.54) is 0 Å². The monoisotopic (exact) mass is 301 g/mol. The second-order valence-electron chi connectivity index (χ2n) is 3.15. The third-order valence-electron chi connectivity index (χ3n) is 2.25. The summed E-state index contributed by atoms with van der Waals surface area (Å²) in [5, 5.41) is 1.56. The van der Waals surface area contributed by atoms with Crippen molar-refractivity contribution in [3.63, 3.8) is 0 Å². The number of aromatic nitrogens is 1. The van der Waals surface area contributed by atoms with Crippen molar-refractivity contribution >= 4 is 33.4 Å². The molecule has 2 rings (SSSR count). The maximum atomic E-state index is 13.6. The van der Waals surface area contributed by atoms with Gasteiger partial charge in [-0.25, -0.2) is 4.39 Å². The lowest BCUT2D eigenvalue weighted by atomic mass is 10.1. The highest BCUT2D eigenvalue weighted by Crippen LogP contribution is 2.23. The van der Waals surface area contributed by atoms with E-state index in [0.717, 1.165) is 20.9 Å². The van der Waals surface area contributed by atoms with Crippen LogP contribution in [0.4, 0.5) is 4.39 Å².